The maximum atomic E-state index is 11.3. The zero-order valence-electron chi connectivity index (χ0n) is 12.3. The molecule has 0 radical (unpaired) electrons. The summed E-state index contributed by atoms with van der Waals surface area (Å²) in [5.74, 6) is 0.443. The molecule has 2 aromatic heterocycles. The molecule has 0 spiro atoms. The molecular formula is C14H14N4O3S2. The van der Waals surface area contributed by atoms with Crippen molar-refractivity contribution in [2.45, 2.75) is 18.1 Å². The minimum Gasteiger partial charge on any atom is -0.416 e. The van der Waals surface area contributed by atoms with E-state index in [1.165, 1.54) is 23.6 Å². The predicted octanol–water partition coefficient (Wildman–Crippen LogP) is 2.23. The van der Waals surface area contributed by atoms with Gasteiger partial charge in [0.15, 0.2) is 0 Å². The molecule has 0 fully saturated rings. The molecule has 3 rings (SSSR count). The van der Waals surface area contributed by atoms with Crippen LogP contribution in [0.25, 0.3) is 10.2 Å². The van der Waals surface area contributed by atoms with Crippen molar-refractivity contribution in [2.24, 2.45) is 0 Å². The highest BCUT2D eigenvalue weighted by Gasteiger charge is 2.11. The van der Waals surface area contributed by atoms with E-state index >= 15 is 0 Å². The number of hydroxylamine groups is 1. The molecule has 0 atom stereocenters. The standard InChI is InChI=1S/C14H14N4O3S2/c1-20-18-11(19)8-22-14-17-16-12(21-14)6-7-13-15-9-4-2-3-5-10(9)23-13/h2-5H,6-8H2,1H3,(H,18,19). The normalized spacial score (nSPS) is 11.0. The van der Waals surface area contributed by atoms with Crippen LogP contribution < -0.4 is 5.48 Å². The Morgan fingerprint density at radius 3 is 3.04 bits per heavy atom. The number of amides is 1. The van der Waals surface area contributed by atoms with Crippen LogP contribution in [0.2, 0.25) is 0 Å². The van der Waals surface area contributed by atoms with Gasteiger partial charge in [0.1, 0.15) is 0 Å². The first-order valence-corrected chi connectivity index (χ1v) is 8.66. The second-order valence-corrected chi connectivity index (χ2v) is 6.60. The Morgan fingerprint density at radius 1 is 1.35 bits per heavy atom. The zero-order chi connectivity index (χ0) is 16.1. The average Bonchev–Trinajstić information content (AvgIpc) is 3.17. The summed E-state index contributed by atoms with van der Waals surface area (Å²) in [6.45, 7) is 0. The van der Waals surface area contributed by atoms with E-state index in [1.54, 1.807) is 11.3 Å². The number of hydrogen-bond donors (Lipinski definition) is 1. The number of benzene rings is 1. The molecule has 9 heteroatoms. The molecule has 7 nitrogen and oxygen atoms in total. The first-order valence-electron chi connectivity index (χ1n) is 6.86. The van der Waals surface area contributed by atoms with Gasteiger partial charge in [0, 0.05) is 12.8 Å². The Kier molecular flexibility index (Phi) is 5.21. The molecule has 1 aromatic carbocycles. The minimum absolute atomic E-state index is 0.160. The maximum Gasteiger partial charge on any atom is 0.277 e. The fourth-order valence-corrected chi connectivity index (χ4v) is 3.44. The summed E-state index contributed by atoms with van der Waals surface area (Å²) in [4.78, 5) is 20.4. The van der Waals surface area contributed by atoms with Crippen molar-refractivity contribution in [3.63, 3.8) is 0 Å². The summed E-state index contributed by atoms with van der Waals surface area (Å²) in [5, 5.41) is 9.31. The van der Waals surface area contributed by atoms with Crippen molar-refractivity contribution in [3.8, 4) is 0 Å². The molecule has 1 N–H and O–H groups in total. The highest BCUT2D eigenvalue weighted by molar-refractivity contribution is 7.99. The third kappa shape index (κ3) is 4.27. The molecule has 120 valence electrons. The topological polar surface area (TPSA) is 90.1 Å². The van der Waals surface area contributed by atoms with Gasteiger partial charge in [0.2, 0.25) is 5.89 Å². The van der Waals surface area contributed by atoms with Crippen molar-refractivity contribution < 1.29 is 14.0 Å². The molecule has 0 aliphatic rings. The Hall–Kier alpha value is -1.97. The van der Waals surface area contributed by atoms with Gasteiger partial charge in [-0.3, -0.25) is 9.63 Å². The number of hydrogen-bond acceptors (Lipinski definition) is 8. The number of nitrogens with one attached hydrogen (secondary N) is 1. The Morgan fingerprint density at radius 2 is 2.22 bits per heavy atom. The van der Waals surface area contributed by atoms with Gasteiger partial charge in [-0.1, -0.05) is 23.9 Å². The van der Waals surface area contributed by atoms with Crippen LogP contribution in [0.5, 0.6) is 0 Å². The van der Waals surface area contributed by atoms with Crippen LogP contribution in [-0.4, -0.2) is 34.0 Å². The average molecular weight is 350 g/mol. The second-order valence-electron chi connectivity index (χ2n) is 4.56. The van der Waals surface area contributed by atoms with E-state index in [9.17, 15) is 4.79 Å². The lowest BCUT2D eigenvalue weighted by Crippen LogP contribution is -2.23. The van der Waals surface area contributed by atoms with Crippen LogP contribution in [-0.2, 0) is 22.5 Å². The highest BCUT2D eigenvalue weighted by Crippen LogP contribution is 2.23. The fourth-order valence-electron chi connectivity index (χ4n) is 1.91. The molecule has 0 bridgehead atoms. The lowest BCUT2D eigenvalue weighted by Gasteiger charge is -1.98. The SMILES string of the molecule is CONC(=O)CSc1nnc(CCc2nc3ccccc3s2)o1. The Bertz CT molecular complexity index is 769. The van der Waals surface area contributed by atoms with Crippen molar-refractivity contribution in [2.75, 3.05) is 12.9 Å². The number of nitrogens with zero attached hydrogens (tertiary/aromatic N) is 3. The quantitative estimate of drug-likeness (QED) is 0.516. The molecule has 0 aliphatic carbocycles. The number of aryl methyl sites for hydroxylation is 2. The number of fused-ring (bicyclic) bond motifs is 1. The van der Waals surface area contributed by atoms with E-state index < -0.39 is 0 Å². The summed E-state index contributed by atoms with van der Waals surface area (Å²) in [6.07, 6.45) is 1.37. The third-order valence-electron chi connectivity index (χ3n) is 2.88. The monoisotopic (exact) mass is 350 g/mol. The zero-order valence-corrected chi connectivity index (χ0v) is 13.9. The summed E-state index contributed by atoms with van der Waals surface area (Å²) in [6, 6.07) is 8.05. The van der Waals surface area contributed by atoms with Crippen LogP contribution in [0, 0.1) is 0 Å². The number of carbonyl (C=O) groups is 1. The van der Waals surface area contributed by atoms with Crippen LogP contribution in [0.15, 0.2) is 33.9 Å². The van der Waals surface area contributed by atoms with Crippen LogP contribution in [0.1, 0.15) is 10.9 Å². The lowest BCUT2D eigenvalue weighted by atomic mass is 10.3. The molecule has 0 aliphatic heterocycles. The predicted molar refractivity (Wildman–Crippen MR) is 87.2 cm³/mol. The molecule has 0 saturated heterocycles. The van der Waals surface area contributed by atoms with Gasteiger partial charge in [-0.25, -0.2) is 10.5 Å². The number of thiazole rings is 1. The van der Waals surface area contributed by atoms with Gasteiger partial charge in [0.05, 0.1) is 28.1 Å². The molecule has 3 aromatic rings. The summed E-state index contributed by atoms with van der Waals surface area (Å²) in [7, 11) is 1.38. The fraction of sp³-hybridized carbons (Fsp3) is 0.286. The molecule has 1 amide bonds. The minimum atomic E-state index is -0.258. The summed E-state index contributed by atoms with van der Waals surface area (Å²) in [5.41, 5.74) is 3.24. The van der Waals surface area contributed by atoms with Gasteiger partial charge < -0.3 is 4.42 Å². The van der Waals surface area contributed by atoms with E-state index in [1.807, 2.05) is 18.2 Å². The van der Waals surface area contributed by atoms with E-state index in [4.69, 9.17) is 4.42 Å². The number of carbonyl (C=O) groups excluding carboxylic acids is 1. The second kappa shape index (κ2) is 7.53. The van der Waals surface area contributed by atoms with Crippen molar-refractivity contribution in [3.05, 3.63) is 35.2 Å². The Labute approximate surface area is 140 Å². The lowest BCUT2D eigenvalue weighted by molar-refractivity contribution is -0.128. The van der Waals surface area contributed by atoms with Crippen molar-refractivity contribution in [1.82, 2.24) is 20.7 Å². The molecule has 0 saturated carbocycles. The van der Waals surface area contributed by atoms with Crippen LogP contribution in [0.3, 0.4) is 0 Å². The first kappa shape index (κ1) is 15.9. The van der Waals surface area contributed by atoms with E-state index in [0.717, 1.165) is 16.9 Å². The van der Waals surface area contributed by atoms with Gasteiger partial charge in [-0.2, -0.15) is 0 Å². The molecule has 23 heavy (non-hydrogen) atoms. The molecule has 0 unspecified atom stereocenters. The van der Waals surface area contributed by atoms with Gasteiger partial charge in [-0.15, -0.1) is 21.5 Å². The van der Waals surface area contributed by atoms with Gasteiger partial charge in [-0.05, 0) is 12.1 Å². The van der Waals surface area contributed by atoms with Crippen LogP contribution in [0.4, 0.5) is 0 Å². The maximum absolute atomic E-state index is 11.3. The number of rotatable bonds is 7. The summed E-state index contributed by atoms with van der Waals surface area (Å²) < 4.78 is 6.68. The number of aromatic nitrogens is 3. The third-order valence-corrected chi connectivity index (χ3v) is 4.80. The highest BCUT2D eigenvalue weighted by atomic mass is 32.2. The largest absolute Gasteiger partial charge is 0.416 e. The summed E-state index contributed by atoms with van der Waals surface area (Å²) >= 11 is 2.84. The Balaban J connectivity index is 1.53. The first-order chi connectivity index (χ1) is 11.2. The van der Waals surface area contributed by atoms with Crippen molar-refractivity contribution >= 4 is 39.2 Å². The van der Waals surface area contributed by atoms with E-state index in [2.05, 4.69) is 31.6 Å². The molecular weight excluding hydrogens is 336 g/mol. The number of para-hydroxylation sites is 1. The van der Waals surface area contributed by atoms with Crippen molar-refractivity contribution in [1.29, 1.82) is 0 Å². The number of thioether (sulfide) groups is 1. The van der Waals surface area contributed by atoms with E-state index in [-0.39, 0.29) is 11.7 Å². The molecule has 2 heterocycles. The smallest absolute Gasteiger partial charge is 0.277 e. The van der Waals surface area contributed by atoms with E-state index in [0.29, 0.717) is 17.5 Å². The van der Waals surface area contributed by atoms with Gasteiger partial charge in [0.25, 0.3) is 11.1 Å². The van der Waals surface area contributed by atoms with Crippen LogP contribution >= 0.6 is 23.1 Å². The van der Waals surface area contributed by atoms with Gasteiger partial charge >= 0.3 is 0 Å².